The molecule has 0 aliphatic heterocycles. The van der Waals surface area contributed by atoms with Crippen LogP contribution >= 0.6 is 0 Å². The summed E-state index contributed by atoms with van der Waals surface area (Å²) >= 11 is 0. The lowest BCUT2D eigenvalue weighted by Gasteiger charge is -2.10. The Hall–Kier alpha value is -1.72. The second-order valence-electron chi connectivity index (χ2n) is 3.38. The summed E-state index contributed by atoms with van der Waals surface area (Å²) in [6.45, 7) is 2.61. The molecule has 0 aromatic carbocycles. The molecule has 0 rings (SSSR count). The van der Waals surface area contributed by atoms with Gasteiger partial charge in [0, 0.05) is 6.92 Å². The van der Waals surface area contributed by atoms with Gasteiger partial charge in [-0.15, -0.1) is 0 Å². The third-order valence-electron chi connectivity index (χ3n) is 1.74. The molecule has 0 aliphatic carbocycles. The molecule has 0 radical (unpaired) electrons. The van der Waals surface area contributed by atoms with Gasteiger partial charge >= 0.3 is 11.9 Å². The maximum atomic E-state index is 11.0. The lowest BCUT2D eigenvalue weighted by atomic mass is 10.1. The first-order valence-electron chi connectivity index (χ1n) is 4.78. The molecule has 0 bridgehead atoms. The van der Waals surface area contributed by atoms with E-state index in [-0.39, 0.29) is 19.3 Å². The van der Waals surface area contributed by atoms with Gasteiger partial charge in [0.25, 0.3) is 0 Å². The van der Waals surface area contributed by atoms with Crippen LogP contribution in [-0.2, 0) is 23.9 Å². The lowest BCUT2D eigenvalue weighted by Crippen LogP contribution is -2.22. The fourth-order valence-corrected chi connectivity index (χ4v) is 0.939. The third kappa shape index (κ3) is 6.69. The highest BCUT2D eigenvalue weighted by Crippen LogP contribution is 2.03. The number of rotatable bonds is 7. The maximum absolute atomic E-state index is 11.0. The van der Waals surface area contributed by atoms with Gasteiger partial charge < -0.3 is 9.84 Å². The molecule has 0 spiro atoms. The van der Waals surface area contributed by atoms with Crippen LogP contribution < -0.4 is 0 Å². The van der Waals surface area contributed by atoms with Crippen LogP contribution in [0.2, 0.25) is 0 Å². The number of hydrogen-bond acceptors (Lipinski definition) is 5. The maximum Gasteiger partial charge on any atom is 0.306 e. The predicted molar refractivity (Wildman–Crippen MR) is 52.7 cm³/mol. The minimum Gasteiger partial charge on any atom is -0.481 e. The number of hydrogen-bond donors (Lipinski definition) is 1. The molecule has 0 amide bonds. The highest BCUT2D eigenvalue weighted by atomic mass is 16.5. The summed E-state index contributed by atoms with van der Waals surface area (Å²) in [4.78, 5) is 42.8. The molecule has 0 aliphatic rings. The zero-order valence-corrected chi connectivity index (χ0v) is 9.19. The fraction of sp³-hybridized carbons (Fsp3) is 0.600. The molecule has 1 unspecified atom stereocenters. The topological polar surface area (TPSA) is 97.7 Å². The summed E-state index contributed by atoms with van der Waals surface area (Å²) in [5, 5.41) is 8.31. The lowest BCUT2D eigenvalue weighted by molar-refractivity contribution is -0.152. The first-order valence-corrected chi connectivity index (χ1v) is 4.78. The van der Waals surface area contributed by atoms with Gasteiger partial charge in [0.1, 0.15) is 6.10 Å². The Labute approximate surface area is 92.6 Å². The van der Waals surface area contributed by atoms with E-state index in [4.69, 9.17) is 9.84 Å². The Morgan fingerprint density at radius 3 is 2.19 bits per heavy atom. The molecule has 0 saturated carbocycles. The summed E-state index contributed by atoms with van der Waals surface area (Å²) in [5.41, 5.74) is 0. The number of carboxylic acids is 1. The van der Waals surface area contributed by atoms with Gasteiger partial charge in [-0.05, 0) is 6.92 Å². The second-order valence-corrected chi connectivity index (χ2v) is 3.38. The molecular formula is C10H14O6. The van der Waals surface area contributed by atoms with Gasteiger partial charge in [-0.2, -0.15) is 0 Å². The van der Waals surface area contributed by atoms with Gasteiger partial charge in [0.2, 0.25) is 5.78 Å². The number of carbonyl (C=O) groups excluding carboxylic acids is 3. The Kier molecular flexibility index (Phi) is 5.99. The average Bonchev–Trinajstić information content (AvgIpc) is 2.14. The van der Waals surface area contributed by atoms with Crippen molar-refractivity contribution in [2.45, 2.75) is 39.2 Å². The molecule has 0 fully saturated rings. The van der Waals surface area contributed by atoms with E-state index in [1.165, 1.54) is 6.92 Å². The number of Topliss-reactive ketones (excluding diaryl/α,β-unsaturated/α-hetero) is 2. The first kappa shape index (κ1) is 14.3. The van der Waals surface area contributed by atoms with Crippen molar-refractivity contribution in [3.8, 4) is 0 Å². The van der Waals surface area contributed by atoms with Crippen LogP contribution in [0.15, 0.2) is 0 Å². The Balaban J connectivity index is 3.91. The fourth-order valence-electron chi connectivity index (χ4n) is 0.939. The zero-order chi connectivity index (χ0) is 12.7. The van der Waals surface area contributed by atoms with Crippen molar-refractivity contribution >= 4 is 23.5 Å². The highest BCUT2D eigenvalue weighted by Gasteiger charge is 2.16. The molecule has 16 heavy (non-hydrogen) atoms. The predicted octanol–water partition coefficient (Wildman–Crippen LogP) is 0.331. The van der Waals surface area contributed by atoms with E-state index in [2.05, 4.69) is 0 Å². The largest absolute Gasteiger partial charge is 0.481 e. The molecule has 0 saturated heterocycles. The average molecular weight is 230 g/mol. The second kappa shape index (κ2) is 6.71. The molecule has 6 heteroatoms. The van der Waals surface area contributed by atoms with Gasteiger partial charge in [-0.1, -0.05) is 0 Å². The number of carboxylic acid groups (broad SMARTS) is 1. The van der Waals surface area contributed by atoms with Gasteiger partial charge in [0.15, 0.2) is 5.78 Å². The smallest absolute Gasteiger partial charge is 0.306 e. The summed E-state index contributed by atoms with van der Waals surface area (Å²) in [7, 11) is 0. The van der Waals surface area contributed by atoms with Crippen LogP contribution in [0.4, 0.5) is 0 Å². The third-order valence-corrected chi connectivity index (χ3v) is 1.74. The van der Waals surface area contributed by atoms with Crippen LogP contribution in [0, 0.1) is 0 Å². The van der Waals surface area contributed by atoms with Crippen molar-refractivity contribution in [1.82, 2.24) is 0 Å². The van der Waals surface area contributed by atoms with Gasteiger partial charge in [0.05, 0.1) is 19.3 Å². The monoisotopic (exact) mass is 230 g/mol. The number of ether oxygens (including phenoxy) is 1. The number of aliphatic carboxylic acids is 1. The summed E-state index contributed by atoms with van der Waals surface area (Å²) < 4.78 is 4.75. The van der Waals surface area contributed by atoms with Crippen LogP contribution in [0.3, 0.4) is 0 Å². The molecule has 0 heterocycles. The zero-order valence-electron chi connectivity index (χ0n) is 9.19. The van der Waals surface area contributed by atoms with Crippen LogP contribution in [0.25, 0.3) is 0 Å². The van der Waals surface area contributed by atoms with Crippen molar-refractivity contribution in [3.05, 3.63) is 0 Å². The van der Waals surface area contributed by atoms with E-state index in [9.17, 15) is 19.2 Å². The van der Waals surface area contributed by atoms with Crippen LogP contribution in [-0.4, -0.2) is 34.7 Å². The number of ketones is 2. The summed E-state index contributed by atoms with van der Waals surface area (Å²) in [5.74, 6) is -2.98. The summed E-state index contributed by atoms with van der Waals surface area (Å²) in [6.07, 6.45) is -1.44. The van der Waals surface area contributed by atoms with Crippen molar-refractivity contribution in [3.63, 3.8) is 0 Å². The quantitative estimate of drug-likeness (QED) is 0.500. The van der Waals surface area contributed by atoms with Crippen LogP contribution in [0.1, 0.15) is 33.1 Å². The molecule has 90 valence electrons. The van der Waals surface area contributed by atoms with Gasteiger partial charge in [-0.25, -0.2) is 0 Å². The standard InChI is InChI=1S/C10H14O6/c1-6(5-8(12)7(2)11)16-10(15)4-3-9(13)14/h6H,3-5H2,1-2H3,(H,13,14). The summed E-state index contributed by atoms with van der Waals surface area (Å²) in [6, 6.07) is 0. The highest BCUT2D eigenvalue weighted by molar-refractivity contribution is 6.36. The Morgan fingerprint density at radius 2 is 1.75 bits per heavy atom. The molecule has 0 aromatic rings. The molecule has 6 nitrogen and oxygen atoms in total. The van der Waals surface area contributed by atoms with Crippen molar-refractivity contribution in [2.75, 3.05) is 0 Å². The van der Waals surface area contributed by atoms with E-state index in [0.717, 1.165) is 6.92 Å². The Morgan fingerprint density at radius 1 is 1.19 bits per heavy atom. The SMILES string of the molecule is CC(=O)C(=O)CC(C)OC(=O)CCC(=O)O. The minimum absolute atomic E-state index is 0.172. The van der Waals surface area contributed by atoms with Crippen molar-refractivity contribution in [1.29, 1.82) is 0 Å². The normalized spacial score (nSPS) is 11.6. The first-order chi connectivity index (χ1) is 7.32. The number of esters is 1. The molecule has 1 atom stereocenters. The molecule has 0 aromatic heterocycles. The number of carbonyl (C=O) groups is 4. The van der Waals surface area contributed by atoms with E-state index < -0.39 is 29.6 Å². The molecular weight excluding hydrogens is 216 g/mol. The van der Waals surface area contributed by atoms with E-state index in [1.54, 1.807) is 0 Å². The van der Waals surface area contributed by atoms with E-state index >= 15 is 0 Å². The van der Waals surface area contributed by atoms with Gasteiger partial charge in [-0.3, -0.25) is 19.2 Å². The van der Waals surface area contributed by atoms with Crippen LogP contribution in [0.5, 0.6) is 0 Å². The van der Waals surface area contributed by atoms with Crippen molar-refractivity contribution < 1.29 is 29.0 Å². The minimum atomic E-state index is -1.09. The van der Waals surface area contributed by atoms with Crippen molar-refractivity contribution in [2.24, 2.45) is 0 Å². The van der Waals surface area contributed by atoms with E-state index in [0.29, 0.717) is 0 Å². The van der Waals surface area contributed by atoms with E-state index in [1.807, 2.05) is 0 Å². The Bertz CT molecular complexity index is 306. The molecule has 1 N–H and O–H groups in total.